The summed E-state index contributed by atoms with van der Waals surface area (Å²) in [6, 6.07) is 5.05. The number of hydrogen-bond donors (Lipinski definition) is 0. The second kappa shape index (κ2) is 8.93. The van der Waals surface area contributed by atoms with Gasteiger partial charge in [0.1, 0.15) is 0 Å². The Balaban J connectivity index is 1.92. The lowest BCUT2D eigenvalue weighted by atomic mass is 10.2. The van der Waals surface area contributed by atoms with Crippen molar-refractivity contribution in [2.45, 2.75) is 49.6 Å². The molecule has 2 aromatic rings. The van der Waals surface area contributed by atoms with Gasteiger partial charge in [0, 0.05) is 24.7 Å². The van der Waals surface area contributed by atoms with E-state index in [-0.39, 0.29) is 16.7 Å². The Morgan fingerprint density at radius 3 is 2.70 bits per heavy atom. The number of fused-ring (bicyclic) bond motifs is 1. The molecule has 1 saturated heterocycles. The lowest BCUT2D eigenvalue weighted by Crippen LogP contribution is -2.37. The number of allylic oxidation sites excluding steroid dienone is 1. The topological polar surface area (TPSA) is 55.2 Å². The van der Waals surface area contributed by atoms with Crippen LogP contribution in [0.15, 0.2) is 40.8 Å². The van der Waals surface area contributed by atoms with Gasteiger partial charge in [-0.2, -0.15) is 0 Å². The van der Waals surface area contributed by atoms with Gasteiger partial charge in [-0.25, -0.2) is 4.98 Å². The molecule has 0 bridgehead atoms. The fourth-order valence-electron chi connectivity index (χ4n) is 3.31. The second-order valence-electron chi connectivity index (χ2n) is 6.76. The molecule has 1 aliphatic heterocycles. The summed E-state index contributed by atoms with van der Waals surface area (Å²) in [5.74, 6) is 0.104. The molecule has 7 heteroatoms. The maximum absolute atomic E-state index is 12.9. The molecule has 1 aromatic heterocycles. The first kappa shape index (κ1) is 20.0. The Morgan fingerprint density at radius 1 is 1.33 bits per heavy atom. The summed E-state index contributed by atoms with van der Waals surface area (Å²) >= 11 is 7.39. The van der Waals surface area contributed by atoms with Crippen molar-refractivity contribution >= 4 is 40.2 Å². The third-order valence-electron chi connectivity index (χ3n) is 4.74. The first-order chi connectivity index (χ1) is 13.0. The highest BCUT2D eigenvalue weighted by molar-refractivity contribution is 8.00. The van der Waals surface area contributed by atoms with Gasteiger partial charge in [-0.15, -0.1) is 6.58 Å². The van der Waals surface area contributed by atoms with E-state index in [2.05, 4.69) is 11.6 Å². The summed E-state index contributed by atoms with van der Waals surface area (Å²) in [6.45, 7) is 7.58. The van der Waals surface area contributed by atoms with Gasteiger partial charge in [0.05, 0.1) is 16.2 Å². The van der Waals surface area contributed by atoms with Crippen LogP contribution in [0.5, 0.6) is 0 Å². The lowest BCUT2D eigenvalue weighted by Gasteiger charge is -2.24. The van der Waals surface area contributed by atoms with Gasteiger partial charge < -0.3 is 4.90 Å². The van der Waals surface area contributed by atoms with Crippen molar-refractivity contribution in [1.82, 2.24) is 14.5 Å². The Labute approximate surface area is 168 Å². The van der Waals surface area contributed by atoms with E-state index in [9.17, 15) is 9.59 Å². The molecule has 1 atom stereocenters. The van der Waals surface area contributed by atoms with Gasteiger partial charge in [0.15, 0.2) is 5.16 Å². The first-order valence-electron chi connectivity index (χ1n) is 9.27. The number of hydrogen-bond acceptors (Lipinski definition) is 4. The first-order valence-corrected chi connectivity index (χ1v) is 10.5. The zero-order chi connectivity index (χ0) is 19.4. The quantitative estimate of drug-likeness (QED) is 0.426. The molecule has 0 radical (unpaired) electrons. The highest BCUT2D eigenvalue weighted by Crippen LogP contribution is 2.25. The predicted molar refractivity (Wildman–Crippen MR) is 112 cm³/mol. The zero-order valence-electron chi connectivity index (χ0n) is 15.5. The predicted octanol–water partition coefficient (Wildman–Crippen LogP) is 4.12. The van der Waals surface area contributed by atoms with Crippen molar-refractivity contribution in [1.29, 1.82) is 0 Å². The number of nitrogens with zero attached hydrogens (tertiary/aromatic N) is 3. The van der Waals surface area contributed by atoms with Crippen LogP contribution in [0.2, 0.25) is 5.02 Å². The van der Waals surface area contributed by atoms with Crippen LogP contribution in [0, 0.1) is 0 Å². The minimum absolute atomic E-state index is 0.104. The molecule has 3 rings (SSSR count). The number of thioether (sulfide) groups is 1. The van der Waals surface area contributed by atoms with Crippen LogP contribution in [0.1, 0.15) is 32.6 Å². The molecular formula is C20H24ClN3O2S. The molecule has 2 heterocycles. The van der Waals surface area contributed by atoms with Crippen LogP contribution < -0.4 is 5.56 Å². The number of carbonyl (C=O) groups excluding carboxylic acids is 1. The third-order valence-corrected chi connectivity index (χ3v) is 6.05. The van der Waals surface area contributed by atoms with Crippen LogP contribution in [0.25, 0.3) is 10.9 Å². The molecule has 1 amide bonds. The molecule has 1 aromatic carbocycles. The van der Waals surface area contributed by atoms with Crippen LogP contribution in [0.4, 0.5) is 0 Å². The smallest absolute Gasteiger partial charge is 0.262 e. The maximum atomic E-state index is 12.9. The van der Waals surface area contributed by atoms with Crippen molar-refractivity contribution < 1.29 is 4.79 Å². The third kappa shape index (κ3) is 4.55. The minimum Gasteiger partial charge on any atom is -0.342 e. The zero-order valence-corrected chi connectivity index (χ0v) is 17.1. The average molecular weight is 406 g/mol. The van der Waals surface area contributed by atoms with Crippen LogP contribution >= 0.6 is 23.4 Å². The SMILES string of the molecule is C=CCn1c(SC(C)C(=O)N2CCCCCC2)nc2cc(Cl)ccc2c1=O. The number of carbonyl (C=O) groups is 1. The van der Waals surface area contributed by atoms with Crippen molar-refractivity contribution in [2.75, 3.05) is 13.1 Å². The van der Waals surface area contributed by atoms with Gasteiger partial charge in [0.25, 0.3) is 5.56 Å². The van der Waals surface area contributed by atoms with Crippen LogP contribution in [0.3, 0.4) is 0 Å². The van der Waals surface area contributed by atoms with E-state index in [1.54, 1.807) is 28.8 Å². The van der Waals surface area contributed by atoms with E-state index in [4.69, 9.17) is 11.6 Å². The molecular weight excluding hydrogens is 382 g/mol. The highest BCUT2D eigenvalue weighted by atomic mass is 35.5. The monoisotopic (exact) mass is 405 g/mol. The van der Waals surface area contributed by atoms with Crippen molar-refractivity contribution in [3.8, 4) is 0 Å². The van der Waals surface area contributed by atoms with E-state index in [1.165, 1.54) is 24.6 Å². The van der Waals surface area contributed by atoms with Gasteiger partial charge in [-0.05, 0) is 38.0 Å². The minimum atomic E-state index is -0.317. The van der Waals surface area contributed by atoms with Gasteiger partial charge in [-0.3, -0.25) is 14.2 Å². The van der Waals surface area contributed by atoms with E-state index in [0.717, 1.165) is 25.9 Å². The lowest BCUT2D eigenvalue weighted by molar-refractivity contribution is -0.130. The molecule has 0 spiro atoms. The van der Waals surface area contributed by atoms with E-state index >= 15 is 0 Å². The fraction of sp³-hybridized carbons (Fsp3) is 0.450. The van der Waals surface area contributed by atoms with Gasteiger partial charge >= 0.3 is 0 Å². The number of aromatic nitrogens is 2. The Hall–Kier alpha value is -1.79. The summed E-state index contributed by atoms with van der Waals surface area (Å²) in [5, 5.41) is 1.24. The largest absolute Gasteiger partial charge is 0.342 e. The molecule has 27 heavy (non-hydrogen) atoms. The molecule has 1 aliphatic rings. The molecule has 1 unspecified atom stereocenters. The summed E-state index contributed by atoms with van der Waals surface area (Å²) in [4.78, 5) is 32.3. The molecule has 0 saturated carbocycles. The molecule has 0 aliphatic carbocycles. The Kier molecular flexibility index (Phi) is 6.60. The summed E-state index contributed by atoms with van der Waals surface area (Å²) < 4.78 is 1.57. The van der Waals surface area contributed by atoms with Crippen molar-refractivity contribution in [2.24, 2.45) is 0 Å². The molecule has 5 nitrogen and oxygen atoms in total. The van der Waals surface area contributed by atoms with Crippen LogP contribution in [-0.4, -0.2) is 38.7 Å². The highest BCUT2D eigenvalue weighted by Gasteiger charge is 2.24. The van der Waals surface area contributed by atoms with E-state index in [0.29, 0.717) is 27.6 Å². The Morgan fingerprint density at radius 2 is 2.04 bits per heavy atom. The van der Waals surface area contributed by atoms with Crippen molar-refractivity contribution in [3.63, 3.8) is 0 Å². The van der Waals surface area contributed by atoms with Gasteiger partial charge in [-0.1, -0.05) is 42.3 Å². The number of amides is 1. The Bertz CT molecular complexity index is 904. The average Bonchev–Trinajstić information content (AvgIpc) is 2.93. The van der Waals surface area contributed by atoms with E-state index < -0.39 is 0 Å². The number of likely N-dealkylation sites (tertiary alicyclic amines) is 1. The standard InChI is InChI=1S/C20H24ClN3O2S/c1-3-10-24-19(26)16-9-8-15(21)13-17(16)22-20(24)27-14(2)18(25)23-11-6-4-5-7-12-23/h3,8-9,13-14H,1,4-7,10-12H2,2H3. The molecule has 144 valence electrons. The van der Waals surface area contributed by atoms with Crippen LogP contribution in [-0.2, 0) is 11.3 Å². The number of benzene rings is 1. The number of halogens is 1. The fourth-order valence-corrected chi connectivity index (χ4v) is 4.48. The van der Waals surface area contributed by atoms with Gasteiger partial charge in [0.2, 0.25) is 5.91 Å². The molecule has 1 fully saturated rings. The van der Waals surface area contributed by atoms with E-state index in [1.807, 2.05) is 11.8 Å². The summed E-state index contributed by atoms with van der Waals surface area (Å²) in [7, 11) is 0. The summed E-state index contributed by atoms with van der Waals surface area (Å²) in [6.07, 6.45) is 6.12. The maximum Gasteiger partial charge on any atom is 0.262 e. The van der Waals surface area contributed by atoms with Crippen molar-refractivity contribution in [3.05, 3.63) is 46.2 Å². The number of rotatable bonds is 5. The normalized spacial score (nSPS) is 16.1. The molecule has 0 N–H and O–H groups in total. The second-order valence-corrected chi connectivity index (χ2v) is 8.50. The summed E-state index contributed by atoms with van der Waals surface area (Å²) in [5.41, 5.74) is 0.401.